The minimum Gasteiger partial charge on any atom is -0.407 e. The van der Waals surface area contributed by atoms with Crippen LogP contribution in [0.25, 0.3) is 0 Å². The molecule has 0 radical (unpaired) electrons. The number of hydrogen-bond donors (Lipinski definition) is 0. The molecule has 4 heteroatoms. The molecule has 0 saturated carbocycles. The Hall–Kier alpha value is -0.870. The summed E-state index contributed by atoms with van der Waals surface area (Å²) in [6.45, 7) is 5.68. The van der Waals surface area contributed by atoms with Crippen LogP contribution in [0.4, 0.5) is 0 Å². The van der Waals surface area contributed by atoms with Gasteiger partial charge in [-0.15, -0.1) is 0 Å². The van der Waals surface area contributed by atoms with Crippen LogP contribution in [0.3, 0.4) is 0 Å². The molecule has 0 spiro atoms. The van der Waals surface area contributed by atoms with Crippen molar-refractivity contribution < 1.29 is 19.0 Å². The second-order valence-electron chi connectivity index (χ2n) is 2.79. The summed E-state index contributed by atoms with van der Waals surface area (Å²) < 4.78 is 14.7. The molecular weight excluding hydrogens is 172 g/mol. The first-order valence-electron chi connectivity index (χ1n) is 4.36. The summed E-state index contributed by atoms with van der Waals surface area (Å²) in [6.07, 6.45) is 1.52. The quantitative estimate of drug-likeness (QED) is 0.489. The second kappa shape index (κ2) is 4.99. The molecular formula is C9H14O4. The third-order valence-corrected chi connectivity index (χ3v) is 1.63. The fourth-order valence-corrected chi connectivity index (χ4v) is 0.979. The lowest BCUT2D eigenvalue weighted by Gasteiger charge is -2.10. The highest BCUT2D eigenvalue weighted by molar-refractivity contribution is 5.87. The van der Waals surface area contributed by atoms with Gasteiger partial charge in [0.05, 0.1) is 13.2 Å². The first kappa shape index (κ1) is 10.2. The average molecular weight is 186 g/mol. The topological polar surface area (TPSA) is 44.8 Å². The predicted octanol–water partition coefficient (Wildman–Crippen LogP) is 1.22. The zero-order valence-electron chi connectivity index (χ0n) is 7.75. The molecule has 0 N–H and O–H groups in total. The number of hydrogen-bond acceptors (Lipinski definition) is 4. The molecule has 1 aliphatic rings. The van der Waals surface area contributed by atoms with Crippen molar-refractivity contribution in [1.29, 1.82) is 0 Å². The smallest absolute Gasteiger partial charge is 0.337 e. The SMILES string of the molecule is C=C(CCC)C(=O)OC1OCCO1. The lowest BCUT2D eigenvalue weighted by atomic mass is 10.2. The fraction of sp³-hybridized carbons (Fsp3) is 0.667. The van der Waals surface area contributed by atoms with Crippen molar-refractivity contribution in [3.05, 3.63) is 12.2 Å². The van der Waals surface area contributed by atoms with Gasteiger partial charge in [-0.05, 0) is 6.42 Å². The first-order chi connectivity index (χ1) is 6.24. The molecule has 0 aromatic rings. The van der Waals surface area contributed by atoms with Crippen LogP contribution in [0.1, 0.15) is 19.8 Å². The fourth-order valence-electron chi connectivity index (χ4n) is 0.979. The Morgan fingerprint density at radius 1 is 1.54 bits per heavy atom. The van der Waals surface area contributed by atoms with Crippen molar-refractivity contribution in [2.24, 2.45) is 0 Å². The molecule has 1 saturated heterocycles. The Balaban J connectivity index is 2.27. The number of rotatable bonds is 4. The van der Waals surface area contributed by atoms with Crippen molar-refractivity contribution in [3.63, 3.8) is 0 Å². The Morgan fingerprint density at radius 2 is 2.15 bits per heavy atom. The molecule has 4 nitrogen and oxygen atoms in total. The van der Waals surface area contributed by atoms with Crippen LogP contribution < -0.4 is 0 Å². The summed E-state index contributed by atoms with van der Waals surface area (Å²) in [5, 5.41) is 0. The van der Waals surface area contributed by atoms with Crippen molar-refractivity contribution in [2.75, 3.05) is 13.2 Å². The van der Waals surface area contributed by atoms with Crippen LogP contribution in [-0.2, 0) is 19.0 Å². The summed E-state index contributed by atoms with van der Waals surface area (Å²) >= 11 is 0. The van der Waals surface area contributed by atoms with Gasteiger partial charge >= 0.3 is 12.4 Å². The number of esters is 1. The molecule has 0 bridgehead atoms. The van der Waals surface area contributed by atoms with Crippen LogP contribution in [0.15, 0.2) is 12.2 Å². The third kappa shape index (κ3) is 3.16. The second-order valence-corrected chi connectivity index (χ2v) is 2.79. The Morgan fingerprint density at radius 3 is 2.69 bits per heavy atom. The van der Waals surface area contributed by atoms with Gasteiger partial charge in [0.1, 0.15) is 0 Å². The molecule has 0 aromatic heterocycles. The average Bonchev–Trinajstić information content (AvgIpc) is 2.57. The van der Waals surface area contributed by atoms with E-state index in [2.05, 4.69) is 6.58 Å². The van der Waals surface area contributed by atoms with Gasteiger partial charge in [0.15, 0.2) is 0 Å². The van der Waals surface area contributed by atoms with E-state index in [0.717, 1.165) is 6.42 Å². The highest BCUT2D eigenvalue weighted by Gasteiger charge is 2.21. The van der Waals surface area contributed by atoms with Gasteiger partial charge in [-0.25, -0.2) is 4.79 Å². The van der Waals surface area contributed by atoms with Gasteiger partial charge in [0.2, 0.25) is 0 Å². The Bertz CT molecular complexity index is 194. The van der Waals surface area contributed by atoms with E-state index in [9.17, 15) is 4.79 Å². The van der Waals surface area contributed by atoms with Crippen molar-refractivity contribution >= 4 is 5.97 Å². The summed E-state index contributed by atoms with van der Waals surface area (Å²) in [5.41, 5.74) is 0.460. The number of ether oxygens (including phenoxy) is 3. The van der Waals surface area contributed by atoms with Crippen LogP contribution in [0, 0.1) is 0 Å². The summed E-state index contributed by atoms with van der Waals surface area (Å²) in [4.78, 5) is 11.2. The molecule has 74 valence electrons. The van der Waals surface area contributed by atoms with Crippen molar-refractivity contribution in [2.45, 2.75) is 26.2 Å². The van der Waals surface area contributed by atoms with Crippen molar-refractivity contribution in [3.8, 4) is 0 Å². The minimum atomic E-state index is -0.832. The van der Waals surface area contributed by atoms with E-state index in [0.29, 0.717) is 25.2 Å². The van der Waals surface area contributed by atoms with Crippen LogP contribution in [0.5, 0.6) is 0 Å². The van der Waals surface area contributed by atoms with E-state index in [1.807, 2.05) is 6.92 Å². The molecule has 0 aliphatic carbocycles. The number of carbonyl (C=O) groups excluding carboxylic acids is 1. The van der Waals surface area contributed by atoms with Gasteiger partial charge in [-0.2, -0.15) is 0 Å². The summed E-state index contributed by atoms with van der Waals surface area (Å²) in [6, 6.07) is 0. The van der Waals surface area contributed by atoms with Crippen LogP contribution >= 0.6 is 0 Å². The molecule has 1 rings (SSSR count). The molecule has 0 atom stereocenters. The predicted molar refractivity (Wildman–Crippen MR) is 45.8 cm³/mol. The van der Waals surface area contributed by atoms with E-state index in [4.69, 9.17) is 14.2 Å². The standard InChI is InChI=1S/C9H14O4/c1-3-4-7(2)8(10)13-9-11-5-6-12-9/h9H,2-6H2,1H3. The Labute approximate surface area is 77.5 Å². The van der Waals surface area contributed by atoms with Crippen LogP contribution in [0.2, 0.25) is 0 Å². The zero-order valence-corrected chi connectivity index (χ0v) is 7.75. The molecule has 0 unspecified atom stereocenters. The highest BCUT2D eigenvalue weighted by atomic mass is 16.9. The van der Waals surface area contributed by atoms with E-state index in [-0.39, 0.29) is 0 Å². The third-order valence-electron chi connectivity index (χ3n) is 1.63. The molecule has 13 heavy (non-hydrogen) atoms. The molecule has 1 aliphatic heterocycles. The van der Waals surface area contributed by atoms with Crippen LogP contribution in [-0.4, -0.2) is 25.7 Å². The van der Waals surface area contributed by atoms with Gasteiger partial charge in [0.25, 0.3) is 0 Å². The van der Waals surface area contributed by atoms with E-state index >= 15 is 0 Å². The normalized spacial score (nSPS) is 17.3. The van der Waals surface area contributed by atoms with E-state index in [1.54, 1.807) is 0 Å². The van der Waals surface area contributed by atoms with Gasteiger partial charge in [0, 0.05) is 5.57 Å². The molecule has 0 aromatic carbocycles. The van der Waals surface area contributed by atoms with Gasteiger partial charge < -0.3 is 14.2 Å². The number of carbonyl (C=O) groups is 1. The van der Waals surface area contributed by atoms with Gasteiger partial charge in [-0.1, -0.05) is 19.9 Å². The van der Waals surface area contributed by atoms with Gasteiger partial charge in [-0.3, -0.25) is 0 Å². The van der Waals surface area contributed by atoms with E-state index in [1.165, 1.54) is 0 Å². The first-order valence-corrected chi connectivity index (χ1v) is 4.36. The maximum absolute atomic E-state index is 11.2. The zero-order chi connectivity index (χ0) is 9.68. The maximum Gasteiger partial charge on any atom is 0.337 e. The van der Waals surface area contributed by atoms with Crippen molar-refractivity contribution in [1.82, 2.24) is 0 Å². The molecule has 1 heterocycles. The monoisotopic (exact) mass is 186 g/mol. The maximum atomic E-state index is 11.2. The lowest BCUT2D eigenvalue weighted by Crippen LogP contribution is -2.19. The van der Waals surface area contributed by atoms with E-state index < -0.39 is 12.4 Å². The Kier molecular flexibility index (Phi) is 3.92. The largest absolute Gasteiger partial charge is 0.407 e. The minimum absolute atomic E-state index is 0.436. The molecule has 1 fully saturated rings. The summed E-state index contributed by atoms with van der Waals surface area (Å²) in [7, 11) is 0. The molecule has 0 amide bonds. The highest BCUT2D eigenvalue weighted by Crippen LogP contribution is 2.10. The lowest BCUT2D eigenvalue weighted by molar-refractivity contribution is -0.223. The summed E-state index contributed by atoms with van der Waals surface area (Å²) in [5.74, 6) is -0.436.